The predicted molar refractivity (Wildman–Crippen MR) is 88.0 cm³/mol. The van der Waals surface area contributed by atoms with E-state index in [0.717, 1.165) is 23.5 Å². The number of piperidine rings is 2. The van der Waals surface area contributed by atoms with Crippen LogP contribution >= 0.6 is 11.6 Å². The molecule has 116 valence electrons. The third-order valence-corrected chi connectivity index (χ3v) is 5.84. The molecule has 2 saturated heterocycles. The maximum absolute atomic E-state index is 6.29. The monoisotopic (exact) mass is 308 g/mol. The van der Waals surface area contributed by atoms with Gasteiger partial charge in [0.15, 0.2) is 0 Å². The molecule has 2 aliphatic rings. The third-order valence-electron chi connectivity index (χ3n) is 5.47. The van der Waals surface area contributed by atoms with Gasteiger partial charge in [-0.15, -0.1) is 0 Å². The molecule has 3 rings (SSSR count). The van der Waals surface area contributed by atoms with E-state index in [0.29, 0.717) is 0 Å². The van der Waals surface area contributed by atoms with E-state index in [4.69, 9.17) is 11.6 Å². The fraction of sp³-hybridized carbons (Fsp3) is 0.667. The van der Waals surface area contributed by atoms with Gasteiger partial charge < -0.3 is 9.80 Å². The average molecular weight is 309 g/mol. The molecule has 0 spiro atoms. The molecule has 1 aromatic rings. The lowest BCUT2D eigenvalue weighted by Gasteiger charge is -2.37. The second-order valence-corrected chi connectivity index (χ2v) is 7.56. The van der Waals surface area contributed by atoms with Gasteiger partial charge in [0.25, 0.3) is 0 Å². The zero-order chi connectivity index (χ0) is 14.7. The van der Waals surface area contributed by atoms with Gasteiger partial charge in [-0.2, -0.15) is 0 Å². The van der Waals surface area contributed by atoms with Gasteiger partial charge in [0.1, 0.15) is 6.54 Å². The number of rotatable bonds is 3. The Hall–Kier alpha value is -0.570. The van der Waals surface area contributed by atoms with Gasteiger partial charge in [0.2, 0.25) is 0 Å². The number of likely N-dealkylation sites (tertiary alicyclic amines) is 2. The molecule has 2 fully saturated rings. The number of hydrogen-bond donors (Lipinski definition) is 2. The van der Waals surface area contributed by atoms with Gasteiger partial charge in [-0.1, -0.05) is 36.7 Å². The minimum Gasteiger partial charge on any atom is -0.332 e. The zero-order valence-electron chi connectivity index (χ0n) is 13.2. The van der Waals surface area contributed by atoms with E-state index in [9.17, 15) is 0 Å². The lowest BCUT2D eigenvalue weighted by atomic mass is 9.95. The number of nitrogens with one attached hydrogen (secondary N) is 2. The van der Waals surface area contributed by atoms with Crippen molar-refractivity contribution in [2.45, 2.75) is 45.2 Å². The summed E-state index contributed by atoms with van der Waals surface area (Å²) in [5, 5.41) is 0.933. The van der Waals surface area contributed by atoms with Crippen molar-refractivity contribution in [1.29, 1.82) is 0 Å². The van der Waals surface area contributed by atoms with E-state index >= 15 is 0 Å². The minimum atomic E-state index is 0.919. The third kappa shape index (κ3) is 4.00. The van der Waals surface area contributed by atoms with Crippen LogP contribution in [0.5, 0.6) is 0 Å². The molecule has 0 radical (unpaired) electrons. The van der Waals surface area contributed by atoms with E-state index in [-0.39, 0.29) is 0 Å². The standard InChI is InChI=1S/C18H27ClN2/c1-15-5-4-10-21(13-15)17-8-11-20(12-9-17)14-16-6-2-3-7-18(16)19/h2-3,6-7,15,17H,4-5,8-14H2,1H3/p+2/t15-/m1/s1. The molecule has 1 unspecified atom stereocenters. The normalized spacial score (nSPS) is 33.8. The van der Waals surface area contributed by atoms with Crippen LogP contribution in [0, 0.1) is 5.92 Å². The Morgan fingerprint density at radius 3 is 2.57 bits per heavy atom. The number of benzene rings is 1. The molecule has 0 saturated carbocycles. The first-order valence-corrected chi connectivity index (χ1v) is 9.01. The Morgan fingerprint density at radius 1 is 1.10 bits per heavy atom. The molecule has 1 aromatic carbocycles. The van der Waals surface area contributed by atoms with Crippen molar-refractivity contribution >= 4 is 11.6 Å². The molecule has 2 heterocycles. The van der Waals surface area contributed by atoms with Crippen molar-refractivity contribution in [2.75, 3.05) is 26.2 Å². The number of quaternary nitrogens is 2. The van der Waals surface area contributed by atoms with Gasteiger partial charge in [-0.05, 0) is 18.9 Å². The summed E-state index contributed by atoms with van der Waals surface area (Å²) in [5.74, 6) is 0.933. The summed E-state index contributed by atoms with van der Waals surface area (Å²) in [7, 11) is 0. The Labute approximate surface area is 134 Å². The summed E-state index contributed by atoms with van der Waals surface area (Å²) in [5.41, 5.74) is 1.31. The Morgan fingerprint density at radius 2 is 1.86 bits per heavy atom. The summed E-state index contributed by atoms with van der Waals surface area (Å²) >= 11 is 6.29. The average Bonchev–Trinajstić information content (AvgIpc) is 2.50. The summed E-state index contributed by atoms with van der Waals surface area (Å²) in [4.78, 5) is 3.61. The van der Waals surface area contributed by atoms with Crippen molar-refractivity contribution in [3.63, 3.8) is 0 Å². The molecule has 0 amide bonds. The Bertz CT molecular complexity index is 454. The second kappa shape index (κ2) is 7.13. The van der Waals surface area contributed by atoms with Crippen LogP contribution in [-0.2, 0) is 6.54 Å². The van der Waals surface area contributed by atoms with Crippen LogP contribution in [0.3, 0.4) is 0 Å². The smallest absolute Gasteiger partial charge is 0.104 e. The molecular formula is C18H29ClN2+2. The van der Waals surface area contributed by atoms with Crippen LogP contribution < -0.4 is 9.80 Å². The van der Waals surface area contributed by atoms with Gasteiger partial charge in [-0.25, -0.2) is 0 Å². The van der Waals surface area contributed by atoms with Crippen molar-refractivity contribution in [3.05, 3.63) is 34.9 Å². The van der Waals surface area contributed by atoms with Crippen LogP contribution in [0.2, 0.25) is 5.02 Å². The van der Waals surface area contributed by atoms with Crippen LogP contribution in [0.15, 0.2) is 24.3 Å². The minimum absolute atomic E-state index is 0.919. The van der Waals surface area contributed by atoms with Crippen molar-refractivity contribution in [2.24, 2.45) is 5.92 Å². The molecular weight excluding hydrogens is 280 g/mol. The highest BCUT2D eigenvalue weighted by Gasteiger charge is 2.32. The molecule has 2 N–H and O–H groups in total. The fourth-order valence-corrected chi connectivity index (χ4v) is 4.42. The molecule has 2 aliphatic heterocycles. The lowest BCUT2D eigenvalue weighted by Crippen LogP contribution is -3.21. The predicted octanol–water partition coefficient (Wildman–Crippen LogP) is 1.20. The quantitative estimate of drug-likeness (QED) is 0.830. The topological polar surface area (TPSA) is 8.88 Å². The molecule has 0 aliphatic carbocycles. The number of halogens is 1. The molecule has 3 heteroatoms. The van der Waals surface area contributed by atoms with Crippen molar-refractivity contribution < 1.29 is 9.80 Å². The first kappa shape index (κ1) is 15.3. The van der Waals surface area contributed by atoms with Gasteiger partial charge in [0, 0.05) is 29.3 Å². The highest BCUT2D eigenvalue weighted by atomic mass is 35.5. The van der Waals surface area contributed by atoms with E-state index < -0.39 is 0 Å². The van der Waals surface area contributed by atoms with E-state index in [1.54, 1.807) is 4.90 Å². The molecule has 2 atom stereocenters. The Kier molecular flexibility index (Phi) is 5.20. The molecule has 0 bridgehead atoms. The van der Waals surface area contributed by atoms with E-state index in [1.807, 2.05) is 17.0 Å². The van der Waals surface area contributed by atoms with Crippen LogP contribution in [-0.4, -0.2) is 32.2 Å². The van der Waals surface area contributed by atoms with Crippen LogP contribution in [0.25, 0.3) is 0 Å². The second-order valence-electron chi connectivity index (χ2n) is 7.15. The van der Waals surface area contributed by atoms with E-state index in [1.165, 1.54) is 57.4 Å². The first-order valence-electron chi connectivity index (χ1n) is 8.64. The summed E-state index contributed by atoms with van der Waals surface area (Å²) in [6.07, 6.45) is 5.66. The van der Waals surface area contributed by atoms with Gasteiger partial charge >= 0.3 is 0 Å². The van der Waals surface area contributed by atoms with Crippen LogP contribution in [0.4, 0.5) is 0 Å². The summed E-state index contributed by atoms with van der Waals surface area (Å²) in [6.45, 7) is 8.97. The van der Waals surface area contributed by atoms with Gasteiger partial charge in [-0.3, -0.25) is 0 Å². The molecule has 2 nitrogen and oxygen atoms in total. The largest absolute Gasteiger partial charge is 0.332 e. The van der Waals surface area contributed by atoms with Gasteiger partial charge in [0.05, 0.1) is 32.2 Å². The Balaban J connectivity index is 1.50. The van der Waals surface area contributed by atoms with Crippen LogP contribution in [0.1, 0.15) is 38.2 Å². The van der Waals surface area contributed by atoms with Crippen molar-refractivity contribution in [1.82, 2.24) is 0 Å². The first-order chi connectivity index (χ1) is 10.2. The van der Waals surface area contributed by atoms with Crippen molar-refractivity contribution in [3.8, 4) is 0 Å². The maximum atomic E-state index is 6.29. The maximum Gasteiger partial charge on any atom is 0.104 e. The summed E-state index contributed by atoms with van der Waals surface area (Å²) < 4.78 is 0. The zero-order valence-corrected chi connectivity index (χ0v) is 14.0. The SMILES string of the molecule is C[C@@H]1CCC[NH+](C2CC[NH+](Cc3ccccc3Cl)CC2)C1. The highest BCUT2D eigenvalue weighted by Crippen LogP contribution is 2.14. The molecule has 21 heavy (non-hydrogen) atoms. The highest BCUT2D eigenvalue weighted by molar-refractivity contribution is 6.31. The number of hydrogen-bond acceptors (Lipinski definition) is 0. The lowest BCUT2D eigenvalue weighted by molar-refractivity contribution is -0.967. The fourth-order valence-electron chi connectivity index (χ4n) is 4.22. The summed E-state index contributed by atoms with van der Waals surface area (Å²) in [6, 6.07) is 9.24. The molecule has 0 aromatic heterocycles. The van der Waals surface area contributed by atoms with E-state index in [2.05, 4.69) is 19.1 Å².